The first-order chi connectivity index (χ1) is 16.1. The lowest BCUT2D eigenvalue weighted by Crippen LogP contribution is -2.20. The van der Waals surface area contributed by atoms with Crippen molar-refractivity contribution in [3.63, 3.8) is 0 Å². The van der Waals surface area contributed by atoms with Gasteiger partial charge in [0.15, 0.2) is 0 Å². The highest BCUT2D eigenvalue weighted by Gasteiger charge is 2.29. The van der Waals surface area contributed by atoms with Crippen LogP contribution in [0.15, 0.2) is 73.1 Å². The van der Waals surface area contributed by atoms with E-state index < -0.39 is 0 Å². The summed E-state index contributed by atoms with van der Waals surface area (Å²) < 4.78 is 16.8. The molecule has 0 saturated heterocycles. The zero-order chi connectivity index (χ0) is 22.5. The third kappa shape index (κ3) is 3.17. The zero-order valence-corrected chi connectivity index (χ0v) is 18.1. The maximum Gasteiger partial charge on any atom is 0.133 e. The zero-order valence-electron chi connectivity index (χ0n) is 17.4. The second-order valence-electron chi connectivity index (χ2n) is 8.05. The van der Waals surface area contributed by atoms with Gasteiger partial charge in [-0.05, 0) is 52.9 Å². The number of anilines is 3. The van der Waals surface area contributed by atoms with Crippen LogP contribution in [-0.2, 0) is 6.42 Å². The van der Waals surface area contributed by atoms with Gasteiger partial charge in [0.1, 0.15) is 12.5 Å². The number of benzene rings is 3. The molecule has 0 aliphatic carbocycles. The summed E-state index contributed by atoms with van der Waals surface area (Å²) in [6, 6.07) is 21.2. The van der Waals surface area contributed by atoms with Crippen LogP contribution in [0.1, 0.15) is 5.56 Å². The Morgan fingerprint density at radius 3 is 2.76 bits per heavy atom. The van der Waals surface area contributed by atoms with Crippen LogP contribution in [-0.4, -0.2) is 16.6 Å². The average molecular weight is 454 g/mol. The summed E-state index contributed by atoms with van der Waals surface area (Å²) in [7, 11) is 0. The van der Waals surface area contributed by atoms with E-state index >= 15 is 4.39 Å². The van der Waals surface area contributed by atoms with Crippen molar-refractivity contribution in [1.82, 2.24) is 9.97 Å². The van der Waals surface area contributed by atoms with Gasteiger partial charge in [-0.25, -0.2) is 4.39 Å². The molecule has 2 aromatic heterocycles. The number of nitrogens with zero attached hydrogens (tertiary/aromatic N) is 4. The number of hydrogen-bond donors (Lipinski definition) is 1. The lowest BCUT2D eigenvalue weighted by atomic mass is 10.00. The fraction of sp³-hybridized carbons (Fsp3) is 0.0769. The molecule has 1 aliphatic heterocycles. The van der Waals surface area contributed by atoms with Crippen LogP contribution >= 0.6 is 11.8 Å². The molecule has 3 aromatic carbocycles. The Bertz CT molecular complexity index is 1570. The van der Waals surface area contributed by atoms with Gasteiger partial charge < -0.3 is 9.88 Å². The van der Waals surface area contributed by atoms with Gasteiger partial charge in [-0.1, -0.05) is 18.2 Å². The Morgan fingerprint density at radius 1 is 1.09 bits per heavy atom. The minimum Gasteiger partial charge on any atom is -0.361 e. The third-order valence-electron chi connectivity index (χ3n) is 6.10. The summed E-state index contributed by atoms with van der Waals surface area (Å²) in [4.78, 5) is 9.72. The molecule has 5 nitrogen and oxygen atoms in total. The summed E-state index contributed by atoms with van der Waals surface area (Å²) in [5, 5.41) is 10.8. The second-order valence-corrected chi connectivity index (χ2v) is 8.46. The fourth-order valence-corrected chi connectivity index (χ4v) is 4.69. The molecule has 1 aliphatic rings. The molecule has 33 heavy (non-hydrogen) atoms. The first-order valence-electron chi connectivity index (χ1n) is 10.5. The molecule has 0 bridgehead atoms. The van der Waals surface area contributed by atoms with Crippen LogP contribution < -0.4 is 9.32 Å². The number of pyridine rings is 1. The number of nitriles is 1. The molecular weight excluding hydrogens is 437 g/mol. The van der Waals surface area contributed by atoms with E-state index in [2.05, 4.69) is 20.9 Å². The Balaban J connectivity index is 1.53. The molecule has 160 valence electrons. The van der Waals surface area contributed by atoms with E-state index in [0.29, 0.717) is 24.2 Å². The van der Waals surface area contributed by atoms with E-state index in [1.54, 1.807) is 10.6 Å². The number of rotatable bonds is 3. The number of aromatic amines is 1. The fourth-order valence-electron chi connectivity index (χ4n) is 4.46. The largest absolute Gasteiger partial charge is 0.361 e. The first-order valence-corrected chi connectivity index (χ1v) is 10.8. The van der Waals surface area contributed by atoms with Crippen LogP contribution in [0.25, 0.3) is 32.9 Å². The molecule has 0 spiro atoms. The van der Waals surface area contributed by atoms with Crippen LogP contribution in [0.5, 0.6) is 0 Å². The highest BCUT2D eigenvalue weighted by molar-refractivity contribution is 6.29. The maximum absolute atomic E-state index is 15.2. The standard InChI is InChI=1S/C26H17ClFN5/c27-33-15-32(19-4-1-16(2-5-19)7-9-29)26-21-12-20(22(28)13-24(21)31-14-25(26)33)17-3-6-23-18(11-17)8-10-30-23/h1-6,8,10-14,30H,7,15H2. The minimum atomic E-state index is -0.321. The Morgan fingerprint density at radius 2 is 1.94 bits per heavy atom. The number of halogens is 2. The number of H-pyrrole nitrogens is 1. The average Bonchev–Trinajstić information content (AvgIpc) is 3.43. The van der Waals surface area contributed by atoms with Crippen LogP contribution in [0, 0.1) is 17.1 Å². The molecule has 0 atom stereocenters. The van der Waals surface area contributed by atoms with Crippen LogP contribution in [0.3, 0.4) is 0 Å². The van der Waals surface area contributed by atoms with Crippen molar-refractivity contribution in [2.45, 2.75) is 6.42 Å². The van der Waals surface area contributed by atoms with E-state index in [1.807, 2.05) is 60.8 Å². The van der Waals surface area contributed by atoms with E-state index in [-0.39, 0.29) is 5.82 Å². The molecular formula is C26H17ClFN5. The molecule has 3 heterocycles. The summed E-state index contributed by atoms with van der Waals surface area (Å²) in [6.07, 6.45) is 3.91. The van der Waals surface area contributed by atoms with Gasteiger partial charge in [0, 0.05) is 46.2 Å². The summed E-state index contributed by atoms with van der Waals surface area (Å²) in [6.45, 7) is 0.428. The maximum atomic E-state index is 15.2. The van der Waals surface area contributed by atoms with E-state index in [9.17, 15) is 0 Å². The SMILES string of the molecule is N#CCc1ccc(N2CN(Cl)c3cnc4cc(F)c(-c5ccc6[nH]ccc6c5)cc4c32)cc1. The van der Waals surface area contributed by atoms with Crippen molar-refractivity contribution in [2.24, 2.45) is 0 Å². The molecule has 0 fully saturated rings. The number of aromatic nitrogens is 2. The Labute approximate surface area is 194 Å². The van der Waals surface area contributed by atoms with Gasteiger partial charge in [-0.15, -0.1) is 0 Å². The molecule has 0 unspecified atom stereocenters. The molecule has 6 rings (SSSR count). The summed E-state index contributed by atoms with van der Waals surface area (Å²) >= 11 is 6.54. The predicted molar refractivity (Wildman–Crippen MR) is 130 cm³/mol. The lowest BCUT2D eigenvalue weighted by molar-refractivity contribution is 0.633. The van der Waals surface area contributed by atoms with Crippen molar-refractivity contribution in [3.05, 3.63) is 84.4 Å². The van der Waals surface area contributed by atoms with E-state index in [0.717, 1.165) is 44.5 Å². The van der Waals surface area contributed by atoms with Crippen LogP contribution in [0.4, 0.5) is 21.5 Å². The summed E-state index contributed by atoms with van der Waals surface area (Å²) in [5.41, 5.74) is 6.42. The molecule has 1 N–H and O–H groups in total. The number of hydrogen-bond acceptors (Lipinski definition) is 4. The van der Waals surface area contributed by atoms with Gasteiger partial charge >= 0.3 is 0 Å². The number of nitrogens with one attached hydrogen (secondary N) is 1. The summed E-state index contributed by atoms with van der Waals surface area (Å²) in [5.74, 6) is -0.321. The van der Waals surface area contributed by atoms with Crippen molar-refractivity contribution in [3.8, 4) is 17.2 Å². The third-order valence-corrected chi connectivity index (χ3v) is 6.39. The van der Waals surface area contributed by atoms with Crippen molar-refractivity contribution >= 4 is 50.6 Å². The van der Waals surface area contributed by atoms with Crippen molar-refractivity contribution in [2.75, 3.05) is 16.0 Å². The van der Waals surface area contributed by atoms with E-state index in [1.165, 1.54) is 6.07 Å². The van der Waals surface area contributed by atoms with Gasteiger partial charge in [-0.2, -0.15) is 5.26 Å². The Kier molecular flexibility index (Phi) is 4.46. The first kappa shape index (κ1) is 19.6. The lowest BCUT2D eigenvalue weighted by Gasteiger charge is -2.20. The number of fused-ring (bicyclic) bond motifs is 4. The smallest absolute Gasteiger partial charge is 0.133 e. The normalized spacial score (nSPS) is 13.0. The molecule has 0 amide bonds. The van der Waals surface area contributed by atoms with E-state index in [4.69, 9.17) is 17.0 Å². The van der Waals surface area contributed by atoms with Gasteiger partial charge in [-0.3, -0.25) is 9.40 Å². The molecule has 7 heteroatoms. The molecule has 0 saturated carbocycles. The molecule has 0 radical (unpaired) electrons. The van der Waals surface area contributed by atoms with Crippen LogP contribution in [0.2, 0.25) is 0 Å². The Hall–Kier alpha value is -4.08. The van der Waals surface area contributed by atoms with Gasteiger partial charge in [0.05, 0.1) is 35.6 Å². The van der Waals surface area contributed by atoms with Gasteiger partial charge in [0.25, 0.3) is 0 Å². The topological polar surface area (TPSA) is 59.0 Å². The highest BCUT2D eigenvalue weighted by Crippen LogP contribution is 2.46. The van der Waals surface area contributed by atoms with Gasteiger partial charge in [0.2, 0.25) is 0 Å². The second kappa shape index (κ2) is 7.51. The highest BCUT2D eigenvalue weighted by atomic mass is 35.5. The quantitative estimate of drug-likeness (QED) is 0.310. The van der Waals surface area contributed by atoms with Crippen molar-refractivity contribution in [1.29, 1.82) is 5.26 Å². The monoisotopic (exact) mass is 453 g/mol. The van der Waals surface area contributed by atoms with Crippen molar-refractivity contribution < 1.29 is 4.39 Å². The molecule has 5 aromatic rings. The predicted octanol–water partition coefficient (Wildman–Crippen LogP) is 6.66. The minimum absolute atomic E-state index is 0.321.